The molecule has 1 N–H and O–H groups in total. The first-order valence-electron chi connectivity index (χ1n) is 8.57. The molecular formula is C21H18ClN3O2. The molecule has 1 aliphatic heterocycles. The number of ether oxygens (including phenoxy) is 1. The van der Waals surface area contributed by atoms with Crippen molar-refractivity contribution in [1.29, 1.82) is 0 Å². The normalized spacial score (nSPS) is 15.6. The average Bonchev–Trinajstić information content (AvgIpc) is 2.95. The maximum Gasteiger partial charge on any atom is 0.258 e. The van der Waals surface area contributed by atoms with Gasteiger partial charge in [-0.15, -0.1) is 0 Å². The molecule has 4 rings (SSSR count). The van der Waals surface area contributed by atoms with Gasteiger partial charge in [-0.3, -0.25) is 9.78 Å². The maximum absolute atomic E-state index is 13.0. The molecule has 27 heavy (non-hydrogen) atoms. The molecule has 1 aromatic heterocycles. The Labute approximate surface area is 162 Å². The predicted molar refractivity (Wildman–Crippen MR) is 105 cm³/mol. The summed E-state index contributed by atoms with van der Waals surface area (Å²) in [6.45, 7) is 0.484. The summed E-state index contributed by atoms with van der Waals surface area (Å²) in [5, 5.41) is 3.90. The monoisotopic (exact) mass is 379 g/mol. The summed E-state index contributed by atoms with van der Waals surface area (Å²) in [6, 6.07) is 18.9. The van der Waals surface area contributed by atoms with Gasteiger partial charge in [0.15, 0.2) is 0 Å². The largest absolute Gasteiger partial charge is 0.495 e. The minimum absolute atomic E-state index is 0.0425. The highest BCUT2D eigenvalue weighted by Crippen LogP contribution is 2.35. The van der Waals surface area contributed by atoms with Crippen molar-refractivity contribution in [2.24, 2.45) is 0 Å². The molecule has 0 bridgehead atoms. The van der Waals surface area contributed by atoms with E-state index in [2.05, 4.69) is 10.3 Å². The molecule has 6 heteroatoms. The fourth-order valence-corrected chi connectivity index (χ4v) is 3.50. The summed E-state index contributed by atoms with van der Waals surface area (Å²) in [6.07, 6.45) is 1.33. The molecule has 1 aliphatic rings. The lowest BCUT2D eigenvalue weighted by Crippen LogP contribution is -2.32. The maximum atomic E-state index is 13.0. The van der Waals surface area contributed by atoms with E-state index in [4.69, 9.17) is 16.3 Å². The molecule has 0 fully saturated rings. The van der Waals surface area contributed by atoms with Gasteiger partial charge in [0.1, 0.15) is 11.9 Å². The second-order valence-corrected chi connectivity index (χ2v) is 6.66. The van der Waals surface area contributed by atoms with Gasteiger partial charge in [0.2, 0.25) is 0 Å². The van der Waals surface area contributed by atoms with Gasteiger partial charge in [-0.25, -0.2) is 0 Å². The van der Waals surface area contributed by atoms with Crippen LogP contribution in [0.5, 0.6) is 5.75 Å². The molecule has 3 aromatic rings. The van der Waals surface area contributed by atoms with Crippen molar-refractivity contribution in [2.75, 3.05) is 12.4 Å². The number of fused-ring (bicyclic) bond motifs is 1. The van der Waals surface area contributed by atoms with E-state index in [1.165, 1.54) is 0 Å². The fraction of sp³-hybridized carbons (Fsp3) is 0.143. The number of rotatable bonds is 5. The molecule has 2 aromatic carbocycles. The molecule has 2 heterocycles. The third-order valence-electron chi connectivity index (χ3n) is 4.55. The molecule has 0 saturated carbocycles. The standard InChI is InChI=1S/C21H18ClN3O2/c1-27-18-10-9-15(12-17(18)22)24-20-19-16(8-5-11-23-19)21(26)25(20)13-14-6-3-2-4-7-14/h2-12,20,24H,13H2,1H3. The predicted octanol–water partition coefficient (Wildman–Crippen LogP) is 4.51. The van der Waals surface area contributed by atoms with Crippen molar-refractivity contribution in [1.82, 2.24) is 9.88 Å². The number of carbonyl (C=O) groups is 1. The number of amides is 1. The number of methoxy groups -OCH3 is 1. The van der Waals surface area contributed by atoms with Gasteiger partial charge in [0, 0.05) is 18.4 Å². The van der Waals surface area contributed by atoms with E-state index in [1.807, 2.05) is 42.5 Å². The van der Waals surface area contributed by atoms with E-state index in [0.717, 1.165) is 11.3 Å². The topological polar surface area (TPSA) is 54.5 Å². The fourth-order valence-electron chi connectivity index (χ4n) is 3.24. The van der Waals surface area contributed by atoms with Crippen LogP contribution in [0.25, 0.3) is 0 Å². The summed E-state index contributed by atoms with van der Waals surface area (Å²) in [5.74, 6) is 0.559. The molecule has 1 amide bonds. The van der Waals surface area contributed by atoms with E-state index in [1.54, 1.807) is 36.4 Å². The van der Waals surface area contributed by atoms with Gasteiger partial charge in [-0.05, 0) is 35.9 Å². The van der Waals surface area contributed by atoms with Gasteiger partial charge in [0.25, 0.3) is 5.91 Å². The van der Waals surface area contributed by atoms with Gasteiger partial charge < -0.3 is 15.0 Å². The SMILES string of the molecule is COc1ccc(NC2c3ncccc3C(=O)N2Cc2ccccc2)cc1Cl. The van der Waals surface area contributed by atoms with Gasteiger partial charge in [-0.2, -0.15) is 0 Å². The summed E-state index contributed by atoms with van der Waals surface area (Å²) in [5.41, 5.74) is 3.17. The lowest BCUT2D eigenvalue weighted by atomic mass is 10.2. The molecule has 5 nitrogen and oxygen atoms in total. The van der Waals surface area contributed by atoms with Crippen molar-refractivity contribution in [3.05, 3.63) is 88.7 Å². The van der Waals surface area contributed by atoms with E-state index in [-0.39, 0.29) is 12.1 Å². The Morgan fingerprint density at radius 3 is 2.70 bits per heavy atom. The number of benzene rings is 2. The lowest BCUT2D eigenvalue weighted by Gasteiger charge is -2.26. The highest BCUT2D eigenvalue weighted by atomic mass is 35.5. The average molecular weight is 380 g/mol. The number of anilines is 1. The highest BCUT2D eigenvalue weighted by molar-refractivity contribution is 6.32. The second-order valence-electron chi connectivity index (χ2n) is 6.25. The number of halogens is 1. The number of hydrogen-bond acceptors (Lipinski definition) is 4. The Kier molecular flexibility index (Phi) is 4.69. The van der Waals surface area contributed by atoms with Crippen LogP contribution in [0.3, 0.4) is 0 Å². The summed E-state index contributed by atoms with van der Waals surface area (Å²) >= 11 is 6.25. The first-order valence-corrected chi connectivity index (χ1v) is 8.95. The van der Waals surface area contributed by atoms with Crippen molar-refractivity contribution >= 4 is 23.2 Å². The number of aromatic nitrogens is 1. The molecule has 0 aliphatic carbocycles. The van der Waals surface area contributed by atoms with Crippen LogP contribution in [0.4, 0.5) is 5.69 Å². The van der Waals surface area contributed by atoms with Crippen molar-refractivity contribution in [2.45, 2.75) is 12.7 Å². The number of nitrogens with one attached hydrogen (secondary N) is 1. The number of pyridine rings is 1. The quantitative estimate of drug-likeness (QED) is 0.708. The van der Waals surface area contributed by atoms with Crippen LogP contribution in [-0.4, -0.2) is 22.9 Å². The molecule has 0 radical (unpaired) electrons. The van der Waals surface area contributed by atoms with Crippen molar-refractivity contribution < 1.29 is 9.53 Å². The van der Waals surface area contributed by atoms with Crippen molar-refractivity contribution in [3.8, 4) is 5.75 Å². The Balaban J connectivity index is 1.68. The molecule has 0 spiro atoms. The van der Waals surface area contributed by atoms with E-state index in [0.29, 0.717) is 28.6 Å². The second kappa shape index (κ2) is 7.29. The van der Waals surface area contributed by atoms with Crippen LogP contribution in [0.1, 0.15) is 27.8 Å². The van der Waals surface area contributed by atoms with Crippen molar-refractivity contribution in [3.63, 3.8) is 0 Å². The van der Waals surface area contributed by atoms with Gasteiger partial charge in [-0.1, -0.05) is 41.9 Å². The number of hydrogen-bond donors (Lipinski definition) is 1. The minimum Gasteiger partial charge on any atom is -0.495 e. The van der Waals surface area contributed by atoms with E-state index < -0.39 is 0 Å². The van der Waals surface area contributed by atoms with E-state index >= 15 is 0 Å². The smallest absolute Gasteiger partial charge is 0.258 e. The summed E-state index contributed by atoms with van der Waals surface area (Å²) in [7, 11) is 1.58. The van der Waals surface area contributed by atoms with Crippen LogP contribution < -0.4 is 10.1 Å². The first-order chi connectivity index (χ1) is 13.2. The number of nitrogens with zero attached hydrogens (tertiary/aromatic N) is 2. The van der Waals surface area contributed by atoms with Crippen LogP contribution in [0, 0.1) is 0 Å². The zero-order valence-corrected chi connectivity index (χ0v) is 15.5. The van der Waals surface area contributed by atoms with E-state index in [9.17, 15) is 4.79 Å². The third kappa shape index (κ3) is 3.34. The first kappa shape index (κ1) is 17.4. The van der Waals surface area contributed by atoms with Crippen LogP contribution in [-0.2, 0) is 6.54 Å². The summed E-state index contributed by atoms with van der Waals surface area (Å²) < 4.78 is 5.21. The zero-order chi connectivity index (χ0) is 18.8. The minimum atomic E-state index is -0.377. The Bertz CT molecular complexity index is 978. The zero-order valence-electron chi connectivity index (χ0n) is 14.7. The summed E-state index contributed by atoms with van der Waals surface area (Å²) in [4.78, 5) is 19.2. The van der Waals surface area contributed by atoms with Gasteiger partial charge in [0.05, 0.1) is 23.4 Å². The van der Waals surface area contributed by atoms with Crippen LogP contribution in [0.2, 0.25) is 5.02 Å². The van der Waals surface area contributed by atoms with Gasteiger partial charge >= 0.3 is 0 Å². The molecule has 0 saturated heterocycles. The Morgan fingerprint density at radius 1 is 1.15 bits per heavy atom. The molecular weight excluding hydrogens is 362 g/mol. The van der Waals surface area contributed by atoms with Crippen LogP contribution >= 0.6 is 11.6 Å². The third-order valence-corrected chi connectivity index (χ3v) is 4.85. The molecule has 136 valence electrons. The number of carbonyl (C=O) groups excluding carboxylic acids is 1. The molecule has 1 atom stereocenters. The lowest BCUT2D eigenvalue weighted by molar-refractivity contribution is 0.0728. The molecule has 1 unspecified atom stereocenters. The highest BCUT2D eigenvalue weighted by Gasteiger charge is 2.37. The Hall–Kier alpha value is -3.05. The van der Waals surface area contributed by atoms with Crippen LogP contribution in [0.15, 0.2) is 66.9 Å². The Morgan fingerprint density at radius 2 is 1.96 bits per heavy atom.